The van der Waals surface area contributed by atoms with E-state index in [9.17, 15) is 4.79 Å². The molecule has 3 rings (SSSR count). The van der Waals surface area contributed by atoms with Gasteiger partial charge in [-0.1, -0.05) is 0 Å². The maximum Gasteiger partial charge on any atom is 0.243 e. The van der Waals surface area contributed by atoms with Gasteiger partial charge in [-0.05, 0) is 32.2 Å². The van der Waals surface area contributed by atoms with Gasteiger partial charge in [0, 0.05) is 11.3 Å². The van der Waals surface area contributed by atoms with Gasteiger partial charge in [0.15, 0.2) is 5.13 Å². The van der Waals surface area contributed by atoms with Crippen LogP contribution in [0.5, 0.6) is 0 Å². The molecule has 0 aromatic carbocycles. The van der Waals surface area contributed by atoms with Crippen LogP contribution in [0.4, 0.5) is 5.13 Å². The van der Waals surface area contributed by atoms with E-state index in [0.29, 0.717) is 5.92 Å². The fraction of sp³-hybridized carbons (Fsp3) is 0.636. The molecular weight excluding hydrogens is 222 g/mol. The van der Waals surface area contributed by atoms with Gasteiger partial charge in [-0.2, -0.15) is 0 Å². The molecule has 2 fully saturated rings. The van der Waals surface area contributed by atoms with Crippen molar-refractivity contribution in [3.63, 3.8) is 0 Å². The highest BCUT2D eigenvalue weighted by atomic mass is 32.1. The Bertz CT molecular complexity index is 394. The van der Waals surface area contributed by atoms with Crippen LogP contribution in [0.25, 0.3) is 0 Å². The molecule has 4 nitrogen and oxygen atoms in total. The summed E-state index contributed by atoms with van der Waals surface area (Å²) in [5, 5.41) is 8.89. The number of hydrogen-bond acceptors (Lipinski definition) is 4. The Morgan fingerprint density at radius 1 is 1.50 bits per heavy atom. The third-order valence-corrected chi connectivity index (χ3v) is 3.90. The largest absolute Gasteiger partial charge is 0.306 e. The van der Waals surface area contributed by atoms with Gasteiger partial charge in [0.05, 0.1) is 11.7 Å². The number of thiazole rings is 1. The monoisotopic (exact) mass is 237 g/mol. The molecule has 0 spiro atoms. The zero-order chi connectivity index (χ0) is 11.0. The molecule has 0 radical (unpaired) electrons. The summed E-state index contributed by atoms with van der Waals surface area (Å²) in [6, 6.07) is -0.0201. The van der Waals surface area contributed by atoms with Crippen LogP contribution in [0.2, 0.25) is 0 Å². The second kappa shape index (κ2) is 4.14. The molecule has 1 aliphatic heterocycles. The van der Waals surface area contributed by atoms with Crippen LogP contribution in [0.3, 0.4) is 0 Å². The van der Waals surface area contributed by atoms with Gasteiger partial charge in [0.25, 0.3) is 0 Å². The second-order valence-electron chi connectivity index (χ2n) is 4.49. The van der Waals surface area contributed by atoms with Crippen LogP contribution in [0.1, 0.15) is 37.3 Å². The van der Waals surface area contributed by atoms with E-state index < -0.39 is 0 Å². The standard InChI is InChI=1S/C11H15N3OS/c15-10(8-2-1-5-12-8)14-11-13-9(6-16-11)7-3-4-7/h6-8,12H,1-5H2,(H,13,14,15)/t8-/m0/s1. The van der Waals surface area contributed by atoms with Crippen molar-refractivity contribution in [3.8, 4) is 0 Å². The minimum atomic E-state index is -0.0201. The van der Waals surface area contributed by atoms with Gasteiger partial charge in [0.2, 0.25) is 5.91 Å². The Hall–Kier alpha value is -0.940. The zero-order valence-corrected chi connectivity index (χ0v) is 9.85. The minimum absolute atomic E-state index is 0.0201. The second-order valence-corrected chi connectivity index (χ2v) is 5.35. The van der Waals surface area contributed by atoms with Gasteiger partial charge < -0.3 is 10.6 Å². The molecular formula is C11H15N3OS. The number of amides is 1. The Kier molecular flexibility index (Phi) is 2.65. The molecule has 5 heteroatoms. The molecule has 2 N–H and O–H groups in total. The molecule has 1 saturated carbocycles. The van der Waals surface area contributed by atoms with Gasteiger partial charge in [-0.15, -0.1) is 11.3 Å². The van der Waals surface area contributed by atoms with Gasteiger partial charge >= 0.3 is 0 Å². The summed E-state index contributed by atoms with van der Waals surface area (Å²) in [6.45, 7) is 0.948. The van der Waals surface area contributed by atoms with E-state index in [0.717, 1.165) is 30.2 Å². The van der Waals surface area contributed by atoms with Crippen molar-refractivity contribution in [1.82, 2.24) is 10.3 Å². The van der Waals surface area contributed by atoms with Crippen LogP contribution < -0.4 is 10.6 Å². The Balaban J connectivity index is 1.61. The first-order chi connectivity index (χ1) is 7.83. The molecule has 2 aliphatic rings. The fourth-order valence-corrected chi connectivity index (χ4v) is 2.81. The molecule has 0 unspecified atom stereocenters. The highest BCUT2D eigenvalue weighted by Crippen LogP contribution is 2.40. The molecule has 1 atom stereocenters. The first-order valence-corrected chi connectivity index (χ1v) is 6.70. The van der Waals surface area contributed by atoms with Crippen molar-refractivity contribution in [3.05, 3.63) is 11.1 Å². The first-order valence-electron chi connectivity index (χ1n) is 5.82. The number of rotatable bonds is 3. The van der Waals surface area contributed by atoms with Crippen molar-refractivity contribution in [1.29, 1.82) is 0 Å². The van der Waals surface area contributed by atoms with E-state index in [1.165, 1.54) is 24.2 Å². The summed E-state index contributed by atoms with van der Waals surface area (Å²) in [6.07, 6.45) is 4.53. The molecule has 16 heavy (non-hydrogen) atoms. The van der Waals surface area contributed by atoms with Crippen molar-refractivity contribution in [2.45, 2.75) is 37.6 Å². The number of nitrogens with one attached hydrogen (secondary N) is 2. The summed E-state index contributed by atoms with van der Waals surface area (Å²) in [4.78, 5) is 16.2. The molecule has 2 heterocycles. The third kappa shape index (κ3) is 2.10. The van der Waals surface area contributed by atoms with E-state index in [4.69, 9.17) is 0 Å². The molecule has 1 amide bonds. The van der Waals surface area contributed by atoms with E-state index >= 15 is 0 Å². The zero-order valence-electron chi connectivity index (χ0n) is 9.03. The lowest BCUT2D eigenvalue weighted by molar-refractivity contribution is -0.117. The van der Waals surface area contributed by atoms with E-state index in [1.807, 2.05) is 0 Å². The molecule has 1 aromatic heterocycles. The average Bonchev–Trinajstić information content (AvgIpc) is 2.82. The number of aromatic nitrogens is 1. The molecule has 0 bridgehead atoms. The van der Waals surface area contributed by atoms with Crippen LogP contribution >= 0.6 is 11.3 Å². The average molecular weight is 237 g/mol. The molecule has 1 aromatic rings. The maximum absolute atomic E-state index is 11.8. The van der Waals surface area contributed by atoms with Crippen molar-refractivity contribution >= 4 is 22.4 Å². The lowest BCUT2D eigenvalue weighted by Gasteiger charge is -2.08. The van der Waals surface area contributed by atoms with Crippen LogP contribution in [-0.4, -0.2) is 23.5 Å². The first kappa shape index (κ1) is 10.2. The number of carbonyl (C=O) groups is 1. The fourth-order valence-electron chi connectivity index (χ4n) is 2.01. The lowest BCUT2D eigenvalue weighted by Crippen LogP contribution is -2.35. The Morgan fingerprint density at radius 3 is 3.06 bits per heavy atom. The highest BCUT2D eigenvalue weighted by molar-refractivity contribution is 7.13. The van der Waals surface area contributed by atoms with Crippen molar-refractivity contribution in [2.24, 2.45) is 0 Å². The van der Waals surface area contributed by atoms with Crippen LogP contribution in [0.15, 0.2) is 5.38 Å². The molecule has 1 aliphatic carbocycles. The maximum atomic E-state index is 11.8. The van der Waals surface area contributed by atoms with Crippen molar-refractivity contribution < 1.29 is 4.79 Å². The Labute approximate surface area is 98.5 Å². The lowest BCUT2D eigenvalue weighted by atomic mass is 10.2. The number of nitrogens with zero attached hydrogens (tertiary/aromatic N) is 1. The summed E-state index contributed by atoms with van der Waals surface area (Å²) in [5.74, 6) is 0.723. The third-order valence-electron chi connectivity index (χ3n) is 3.12. The van der Waals surface area contributed by atoms with Crippen LogP contribution in [0, 0.1) is 0 Å². The molecule has 86 valence electrons. The topological polar surface area (TPSA) is 54.0 Å². The summed E-state index contributed by atoms with van der Waals surface area (Å²) < 4.78 is 0. The highest BCUT2D eigenvalue weighted by Gasteiger charge is 2.27. The predicted molar refractivity (Wildman–Crippen MR) is 63.7 cm³/mol. The Morgan fingerprint density at radius 2 is 2.38 bits per heavy atom. The van der Waals surface area contributed by atoms with Gasteiger partial charge in [-0.3, -0.25) is 4.79 Å². The van der Waals surface area contributed by atoms with E-state index in [2.05, 4.69) is 21.0 Å². The number of hydrogen-bond donors (Lipinski definition) is 2. The predicted octanol–water partition coefficient (Wildman–Crippen LogP) is 1.71. The van der Waals surface area contributed by atoms with Gasteiger partial charge in [-0.25, -0.2) is 4.98 Å². The SMILES string of the molecule is O=C(Nc1nc(C2CC2)cs1)[C@@H]1CCCN1. The van der Waals surface area contributed by atoms with E-state index in [1.54, 1.807) is 0 Å². The number of carbonyl (C=O) groups excluding carboxylic acids is 1. The normalized spacial score (nSPS) is 24.6. The summed E-state index contributed by atoms with van der Waals surface area (Å²) in [5.41, 5.74) is 1.15. The quantitative estimate of drug-likeness (QED) is 0.841. The summed E-state index contributed by atoms with van der Waals surface area (Å²) in [7, 11) is 0. The van der Waals surface area contributed by atoms with E-state index in [-0.39, 0.29) is 11.9 Å². The molecule has 1 saturated heterocycles. The van der Waals surface area contributed by atoms with Crippen molar-refractivity contribution in [2.75, 3.05) is 11.9 Å². The number of anilines is 1. The summed E-state index contributed by atoms with van der Waals surface area (Å²) >= 11 is 1.53. The minimum Gasteiger partial charge on any atom is -0.306 e. The van der Waals surface area contributed by atoms with Gasteiger partial charge in [0.1, 0.15) is 0 Å². The van der Waals surface area contributed by atoms with Crippen LogP contribution in [-0.2, 0) is 4.79 Å². The smallest absolute Gasteiger partial charge is 0.243 e.